The summed E-state index contributed by atoms with van der Waals surface area (Å²) in [4.78, 5) is 4.85. The van der Waals surface area contributed by atoms with Gasteiger partial charge in [0.2, 0.25) is 0 Å². The molecule has 0 aliphatic rings. The first-order valence-corrected chi connectivity index (χ1v) is 17.7. The zero-order chi connectivity index (χ0) is 34.7. The molecule has 0 saturated carbocycles. The summed E-state index contributed by atoms with van der Waals surface area (Å²) in [6, 6.07) is 45.0. The second-order valence-corrected chi connectivity index (χ2v) is 13.3. The number of benzene rings is 6. The summed E-state index contributed by atoms with van der Waals surface area (Å²) in [6.07, 6.45) is 4.20. The van der Waals surface area contributed by atoms with E-state index in [0.29, 0.717) is 24.0 Å². The first-order chi connectivity index (χ1) is 24.5. The quantitative estimate of drug-likeness (QED) is 0.0576. The van der Waals surface area contributed by atoms with E-state index < -0.39 is 14.2 Å². The molecule has 0 atom stereocenters. The summed E-state index contributed by atoms with van der Waals surface area (Å²) < 4.78 is 0. The van der Waals surface area contributed by atoms with E-state index in [0.717, 1.165) is 63.0 Å². The molecule has 0 saturated heterocycles. The van der Waals surface area contributed by atoms with E-state index in [1.807, 2.05) is 42.5 Å². The van der Waals surface area contributed by atoms with Gasteiger partial charge >= 0.3 is 14.2 Å². The van der Waals surface area contributed by atoms with Crippen LogP contribution in [-0.4, -0.2) is 57.2 Å². The topological polar surface area (TPSA) is 87.4 Å². The van der Waals surface area contributed by atoms with Gasteiger partial charge in [-0.1, -0.05) is 140 Å². The lowest BCUT2D eigenvalue weighted by Crippen LogP contribution is -2.36. The van der Waals surface area contributed by atoms with E-state index in [1.165, 1.54) is 32.7 Å². The summed E-state index contributed by atoms with van der Waals surface area (Å²) in [7, 11) is -3.01. The predicted octanol–water partition coefficient (Wildman–Crippen LogP) is 5.62. The van der Waals surface area contributed by atoms with Crippen LogP contribution >= 0.6 is 0 Å². The van der Waals surface area contributed by atoms with Gasteiger partial charge in [0.05, 0.1) is 0 Å². The Morgan fingerprint density at radius 1 is 0.420 bits per heavy atom. The minimum absolute atomic E-state index is 0.550. The van der Waals surface area contributed by atoms with Crippen molar-refractivity contribution >= 4 is 46.7 Å². The van der Waals surface area contributed by atoms with Crippen LogP contribution in [0.1, 0.15) is 47.9 Å². The van der Waals surface area contributed by atoms with Gasteiger partial charge in [0, 0.05) is 26.2 Å². The van der Waals surface area contributed by atoms with E-state index >= 15 is 0 Å². The van der Waals surface area contributed by atoms with Gasteiger partial charge in [0.25, 0.3) is 0 Å². The molecule has 0 spiro atoms. The fourth-order valence-corrected chi connectivity index (χ4v) is 7.14. The lowest BCUT2D eigenvalue weighted by molar-refractivity contribution is 0.240. The van der Waals surface area contributed by atoms with Crippen molar-refractivity contribution in [1.82, 2.24) is 9.80 Å². The van der Waals surface area contributed by atoms with Gasteiger partial charge in [-0.3, -0.25) is 9.80 Å². The Morgan fingerprint density at radius 2 is 0.860 bits per heavy atom. The first-order valence-electron chi connectivity index (χ1n) is 17.7. The monoisotopic (exact) mass is 664 g/mol. The predicted molar refractivity (Wildman–Crippen MR) is 207 cm³/mol. The molecular formula is C42H46B2N2O4. The summed E-state index contributed by atoms with van der Waals surface area (Å²) in [5.41, 5.74) is 5.50. The maximum atomic E-state index is 10.1. The molecule has 254 valence electrons. The first kappa shape index (κ1) is 35.6. The molecule has 0 aromatic heterocycles. The average Bonchev–Trinajstić information content (AvgIpc) is 3.13. The standard InChI is InChI=1S/C42H46B2N2O4/c47-43(48)41-24-12-8-20-36(41)30-45(29-33-16-4-3-5-17-33)26-14-1-2-15-27-46(31-37-21-9-13-25-42(37)44(49)50)32-40-38-22-10-6-18-34(38)28-35-19-7-11-23-39(35)40/h3-13,16-25,28,47-50H,1-2,14-15,26-27,29-32H2. The van der Waals surface area contributed by atoms with Crippen LogP contribution in [0, 0.1) is 0 Å². The van der Waals surface area contributed by atoms with Crippen LogP contribution in [0.5, 0.6) is 0 Å². The van der Waals surface area contributed by atoms with Crippen LogP contribution in [0.15, 0.2) is 133 Å². The third kappa shape index (κ3) is 9.29. The zero-order valence-corrected chi connectivity index (χ0v) is 28.6. The van der Waals surface area contributed by atoms with Gasteiger partial charge in [0.1, 0.15) is 0 Å². The summed E-state index contributed by atoms with van der Waals surface area (Å²) >= 11 is 0. The molecule has 0 amide bonds. The molecule has 6 aromatic carbocycles. The van der Waals surface area contributed by atoms with Crippen molar-refractivity contribution in [3.05, 3.63) is 156 Å². The third-order valence-corrected chi connectivity index (χ3v) is 9.67. The number of nitrogens with zero attached hydrogens (tertiary/aromatic N) is 2. The molecule has 0 heterocycles. The molecule has 8 heteroatoms. The van der Waals surface area contributed by atoms with E-state index in [2.05, 4.69) is 88.7 Å². The van der Waals surface area contributed by atoms with Crippen molar-refractivity contribution in [3.63, 3.8) is 0 Å². The Morgan fingerprint density at radius 3 is 1.38 bits per heavy atom. The number of unbranched alkanes of at least 4 members (excludes halogenated alkanes) is 3. The van der Waals surface area contributed by atoms with Crippen molar-refractivity contribution < 1.29 is 20.1 Å². The van der Waals surface area contributed by atoms with Gasteiger partial charge in [0.15, 0.2) is 0 Å². The van der Waals surface area contributed by atoms with Crippen LogP contribution in [0.4, 0.5) is 0 Å². The van der Waals surface area contributed by atoms with Crippen molar-refractivity contribution in [1.29, 1.82) is 0 Å². The van der Waals surface area contributed by atoms with Crippen molar-refractivity contribution in [3.8, 4) is 0 Å². The van der Waals surface area contributed by atoms with Crippen LogP contribution < -0.4 is 10.9 Å². The van der Waals surface area contributed by atoms with Gasteiger partial charge < -0.3 is 20.1 Å². The molecule has 0 aliphatic carbocycles. The van der Waals surface area contributed by atoms with Crippen molar-refractivity contribution in [2.75, 3.05) is 13.1 Å². The Hall–Kier alpha value is -4.27. The lowest BCUT2D eigenvalue weighted by atomic mass is 9.77. The van der Waals surface area contributed by atoms with Crippen LogP contribution in [0.3, 0.4) is 0 Å². The molecule has 6 aromatic rings. The van der Waals surface area contributed by atoms with Crippen molar-refractivity contribution in [2.45, 2.75) is 51.9 Å². The second-order valence-electron chi connectivity index (χ2n) is 13.3. The fraction of sp³-hybridized carbons (Fsp3) is 0.238. The molecule has 0 aliphatic heterocycles. The van der Waals surface area contributed by atoms with E-state index in [-0.39, 0.29) is 0 Å². The van der Waals surface area contributed by atoms with Gasteiger partial charge in [-0.2, -0.15) is 0 Å². The fourth-order valence-electron chi connectivity index (χ4n) is 7.14. The highest BCUT2D eigenvalue weighted by molar-refractivity contribution is 6.59. The molecule has 4 N–H and O–H groups in total. The Balaban J connectivity index is 1.14. The Labute approximate surface area is 296 Å². The Bertz CT molecular complexity index is 1920. The molecule has 0 radical (unpaired) electrons. The molecular weight excluding hydrogens is 618 g/mol. The number of hydrogen-bond donors (Lipinski definition) is 4. The largest absolute Gasteiger partial charge is 0.488 e. The molecule has 0 unspecified atom stereocenters. The number of hydrogen-bond acceptors (Lipinski definition) is 6. The lowest BCUT2D eigenvalue weighted by Gasteiger charge is -2.26. The smallest absolute Gasteiger partial charge is 0.423 e. The SMILES string of the molecule is OB(O)c1ccccc1CN(CCCCCCN(Cc1ccccc1B(O)O)Cc1c2ccccc2cc2ccccc12)Cc1ccccc1. The highest BCUT2D eigenvalue weighted by Gasteiger charge is 2.20. The maximum absolute atomic E-state index is 10.1. The zero-order valence-electron chi connectivity index (χ0n) is 28.6. The average molecular weight is 664 g/mol. The minimum atomic E-state index is -1.52. The minimum Gasteiger partial charge on any atom is -0.423 e. The van der Waals surface area contributed by atoms with Gasteiger partial charge in [-0.05, 0) is 86.7 Å². The van der Waals surface area contributed by atoms with Crippen LogP contribution in [-0.2, 0) is 26.2 Å². The molecule has 6 rings (SSSR count). The second kappa shape index (κ2) is 17.6. The van der Waals surface area contributed by atoms with Gasteiger partial charge in [-0.15, -0.1) is 0 Å². The molecule has 0 fully saturated rings. The summed E-state index contributed by atoms with van der Waals surface area (Å²) in [5, 5.41) is 45.2. The number of fused-ring (bicyclic) bond motifs is 2. The van der Waals surface area contributed by atoms with Gasteiger partial charge in [-0.25, -0.2) is 0 Å². The van der Waals surface area contributed by atoms with Crippen LogP contribution in [0.2, 0.25) is 0 Å². The highest BCUT2D eigenvalue weighted by Crippen LogP contribution is 2.30. The summed E-state index contributed by atoms with van der Waals surface area (Å²) in [6.45, 7) is 4.58. The summed E-state index contributed by atoms with van der Waals surface area (Å²) in [5.74, 6) is 0. The third-order valence-electron chi connectivity index (χ3n) is 9.67. The molecule has 6 nitrogen and oxygen atoms in total. The highest BCUT2D eigenvalue weighted by atomic mass is 16.4. The molecule has 0 bridgehead atoms. The molecule has 50 heavy (non-hydrogen) atoms. The maximum Gasteiger partial charge on any atom is 0.488 e. The van der Waals surface area contributed by atoms with E-state index in [1.54, 1.807) is 12.1 Å². The normalized spacial score (nSPS) is 11.6. The van der Waals surface area contributed by atoms with Crippen molar-refractivity contribution in [2.24, 2.45) is 0 Å². The Kier molecular flexibility index (Phi) is 12.5. The number of rotatable bonds is 17. The van der Waals surface area contributed by atoms with E-state index in [4.69, 9.17) is 0 Å². The van der Waals surface area contributed by atoms with Crippen LogP contribution in [0.25, 0.3) is 21.5 Å². The van der Waals surface area contributed by atoms with E-state index in [9.17, 15) is 20.1 Å².